The lowest BCUT2D eigenvalue weighted by molar-refractivity contribution is -0.116. The highest BCUT2D eigenvalue weighted by atomic mass is 79.9. The zero-order valence-corrected chi connectivity index (χ0v) is 16.4. The molecular formula is C21H20BrNO3. The van der Waals surface area contributed by atoms with Gasteiger partial charge in [0, 0.05) is 39.8 Å². The van der Waals surface area contributed by atoms with E-state index >= 15 is 0 Å². The Hall–Kier alpha value is -2.27. The predicted molar refractivity (Wildman–Crippen MR) is 105 cm³/mol. The summed E-state index contributed by atoms with van der Waals surface area (Å²) < 4.78 is 12.0. The SMILES string of the molecule is COc1cc2c(cc1OC)[C@@H](c1ccc(Br)cc1)C1=C(CCCC1=O)N2. The van der Waals surface area contributed by atoms with Crippen molar-refractivity contribution in [3.63, 3.8) is 0 Å². The summed E-state index contributed by atoms with van der Waals surface area (Å²) in [5.41, 5.74) is 5.04. The monoisotopic (exact) mass is 413 g/mol. The van der Waals surface area contributed by atoms with Gasteiger partial charge in [-0.15, -0.1) is 0 Å². The van der Waals surface area contributed by atoms with Crippen LogP contribution < -0.4 is 14.8 Å². The number of anilines is 1. The Labute approximate surface area is 161 Å². The van der Waals surface area contributed by atoms with Crippen LogP contribution in [0.1, 0.15) is 36.3 Å². The van der Waals surface area contributed by atoms with Gasteiger partial charge in [-0.05, 0) is 42.2 Å². The number of nitrogens with one attached hydrogen (secondary N) is 1. The Kier molecular flexibility index (Phi) is 4.49. The second kappa shape index (κ2) is 6.80. The number of fused-ring (bicyclic) bond motifs is 1. The molecule has 1 atom stereocenters. The molecule has 0 spiro atoms. The second-order valence-electron chi connectivity index (χ2n) is 6.57. The molecule has 134 valence electrons. The smallest absolute Gasteiger partial charge is 0.162 e. The highest BCUT2D eigenvalue weighted by molar-refractivity contribution is 9.10. The van der Waals surface area contributed by atoms with Gasteiger partial charge in [-0.3, -0.25) is 4.79 Å². The number of hydrogen-bond acceptors (Lipinski definition) is 4. The molecule has 2 aromatic carbocycles. The van der Waals surface area contributed by atoms with Crippen LogP contribution in [0.15, 0.2) is 52.1 Å². The van der Waals surface area contributed by atoms with Gasteiger partial charge in [0.2, 0.25) is 0 Å². The molecule has 0 amide bonds. The van der Waals surface area contributed by atoms with Crippen LogP contribution in [0, 0.1) is 0 Å². The summed E-state index contributed by atoms with van der Waals surface area (Å²) in [4.78, 5) is 12.8. The summed E-state index contributed by atoms with van der Waals surface area (Å²) in [5.74, 6) is 1.48. The summed E-state index contributed by atoms with van der Waals surface area (Å²) in [6.45, 7) is 0. The van der Waals surface area contributed by atoms with Gasteiger partial charge in [0.05, 0.1) is 14.2 Å². The van der Waals surface area contributed by atoms with Crippen molar-refractivity contribution in [2.45, 2.75) is 25.2 Å². The van der Waals surface area contributed by atoms with Gasteiger partial charge in [0.1, 0.15) is 0 Å². The van der Waals surface area contributed by atoms with Crippen LogP contribution in [0.2, 0.25) is 0 Å². The third kappa shape index (κ3) is 2.80. The van der Waals surface area contributed by atoms with E-state index < -0.39 is 0 Å². The average Bonchev–Trinajstić information content (AvgIpc) is 2.66. The lowest BCUT2D eigenvalue weighted by atomic mass is 9.75. The molecule has 1 heterocycles. The largest absolute Gasteiger partial charge is 0.493 e. The zero-order chi connectivity index (χ0) is 18.3. The van der Waals surface area contributed by atoms with Gasteiger partial charge >= 0.3 is 0 Å². The zero-order valence-electron chi connectivity index (χ0n) is 14.8. The van der Waals surface area contributed by atoms with Crippen LogP contribution in [0.3, 0.4) is 0 Å². The summed E-state index contributed by atoms with van der Waals surface area (Å²) in [5, 5.41) is 3.48. The molecule has 0 bridgehead atoms. The molecule has 1 aliphatic carbocycles. The summed E-state index contributed by atoms with van der Waals surface area (Å²) in [6.07, 6.45) is 2.39. The molecule has 0 unspecified atom stereocenters. The number of hydrogen-bond donors (Lipinski definition) is 1. The summed E-state index contributed by atoms with van der Waals surface area (Å²) >= 11 is 3.50. The van der Waals surface area contributed by atoms with Crippen LogP contribution >= 0.6 is 15.9 Å². The van der Waals surface area contributed by atoms with Gasteiger partial charge in [0.15, 0.2) is 17.3 Å². The van der Waals surface area contributed by atoms with E-state index in [-0.39, 0.29) is 11.7 Å². The molecule has 0 fully saturated rings. The highest BCUT2D eigenvalue weighted by Crippen LogP contribution is 2.48. The van der Waals surface area contributed by atoms with Crippen LogP contribution in [-0.4, -0.2) is 20.0 Å². The number of benzene rings is 2. The number of Topliss-reactive ketones (excluding diaryl/α,β-unsaturated/α-hetero) is 1. The maximum absolute atomic E-state index is 12.8. The molecule has 2 aliphatic rings. The van der Waals surface area contributed by atoms with Crippen LogP contribution in [0.25, 0.3) is 0 Å². The Morgan fingerprint density at radius 1 is 1.04 bits per heavy atom. The van der Waals surface area contributed by atoms with E-state index in [2.05, 4.69) is 33.4 Å². The maximum Gasteiger partial charge on any atom is 0.162 e. The number of halogens is 1. The van der Waals surface area contributed by atoms with E-state index in [1.165, 1.54) is 0 Å². The minimum Gasteiger partial charge on any atom is -0.493 e. The van der Waals surface area contributed by atoms with Gasteiger partial charge in [-0.2, -0.15) is 0 Å². The van der Waals surface area contributed by atoms with Crippen molar-refractivity contribution >= 4 is 27.4 Å². The van der Waals surface area contributed by atoms with Gasteiger partial charge in [-0.1, -0.05) is 28.1 Å². The third-order valence-corrected chi connectivity index (χ3v) is 5.63. The Morgan fingerprint density at radius 2 is 1.73 bits per heavy atom. The molecule has 4 rings (SSSR count). The molecule has 1 N–H and O–H groups in total. The Balaban J connectivity index is 1.94. The van der Waals surface area contributed by atoms with Crippen molar-refractivity contribution in [2.24, 2.45) is 0 Å². The van der Waals surface area contributed by atoms with Gasteiger partial charge in [-0.25, -0.2) is 0 Å². The quantitative estimate of drug-likeness (QED) is 0.766. The first-order chi connectivity index (χ1) is 12.6. The molecule has 0 aromatic heterocycles. The molecule has 0 saturated heterocycles. The van der Waals surface area contributed by atoms with Crippen molar-refractivity contribution in [1.29, 1.82) is 0 Å². The van der Waals surface area contributed by atoms with E-state index in [9.17, 15) is 4.79 Å². The number of allylic oxidation sites excluding steroid dienone is 2. The number of rotatable bonds is 3. The first kappa shape index (κ1) is 17.2. The van der Waals surface area contributed by atoms with Crippen molar-refractivity contribution in [1.82, 2.24) is 0 Å². The number of carbonyl (C=O) groups excluding carboxylic acids is 1. The first-order valence-corrected chi connectivity index (χ1v) is 9.46. The molecule has 0 saturated carbocycles. The molecule has 4 nitrogen and oxygen atoms in total. The molecule has 5 heteroatoms. The van der Waals surface area contributed by atoms with Crippen molar-refractivity contribution in [2.75, 3.05) is 19.5 Å². The van der Waals surface area contributed by atoms with E-state index in [0.717, 1.165) is 45.4 Å². The Bertz CT molecular complexity index is 902. The van der Waals surface area contributed by atoms with Gasteiger partial charge < -0.3 is 14.8 Å². The summed E-state index contributed by atoms with van der Waals surface area (Å²) in [6, 6.07) is 12.1. The molecule has 26 heavy (non-hydrogen) atoms. The van der Waals surface area contributed by atoms with Gasteiger partial charge in [0.25, 0.3) is 0 Å². The first-order valence-electron chi connectivity index (χ1n) is 8.67. The van der Waals surface area contributed by atoms with E-state index in [1.54, 1.807) is 14.2 Å². The van der Waals surface area contributed by atoms with E-state index in [1.807, 2.05) is 24.3 Å². The van der Waals surface area contributed by atoms with Crippen molar-refractivity contribution in [3.05, 3.63) is 63.3 Å². The minimum absolute atomic E-state index is 0.0954. The van der Waals surface area contributed by atoms with Crippen LogP contribution in [0.4, 0.5) is 5.69 Å². The van der Waals surface area contributed by atoms with Crippen molar-refractivity contribution in [3.8, 4) is 11.5 Å². The topological polar surface area (TPSA) is 47.6 Å². The number of methoxy groups -OCH3 is 2. The highest BCUT2D eigenvalue weighted by Gasteiger charge is 2.35. The molecule has 0 radical (unpaired) electrons. The fraction of sp³-hybridized carbons (Fsp3) is 0.286. The molecular weight excluding hydrogens is 394 g/mol. The van der Waals surface area contributed by atoms with E-state index in [4.69, 9.17) is 9.47 Å². The minimum atomic E-state index is -0.0954. The normalized spacial score (nSPS) is 18.7. The fourth-order valence-electron chi connectivity index (χ4n) is 3.89. The third-order valence-electron chi connectivity index (χ3n) is 5.10. The fourth-order valence-corrected chi connectivity index (χ4v) is 4.15. The van der Waals surface area contributed by atoms with Crippen LogP contribution in [0.5, 0.6) is 11.5 Å². The van der Waals surface area contributed by atoms with Crippen molar-refractivity contribution < 1.29 is 14.3 Å². The number of ether oxygens (including phenoxy) is 2. The predicted octanol–water partition coefficient (Wildman–Crippen LogP) is 5.03. The maximum atomic E-state index is 12.8. The lowest BCUT2D eigenvalue weighted by Gasteiger charge is -2.34. The summed E-state index contributed by atoms with van der Waals surface area (Å²) in [7, 11) is 3.26. The van der Waals surface area contributed by atoms with Crippen LogP contribution in [-0.2, 0) is 4.79 Å². The lowest BCUT2D eigenvalue weighted by Crippen LogP contribution is -2.27. The van der Waals surface area contributed by atoms with E-state index in [0.29, 0.717) is 17.9 Å². The standard InChI is InChI=1S/C21H20BrNO3/c1-25-18-10-14-16(11-19(18)26-2)23-15-4-3-5-17(24)21(15)20(14)12-6-8-13(22)9-7-12/h6-11,20,23H,3-5H2,1-2H3/t20-/m1/s1. The average molecular weight is 414 g/mol. The second-order valence-corrected chi connectivity index (χ2v) is 7.49. The Morgan fingerprint density at radius 3 is 2.42 bits per heavy atom. The molecule has 1 aliphatic heterocycles. The molecule has 2 aromatic rings. The number of ketones is 1. The number of carbonyl (C=O) groups is 1.